The minimum atomic E-state index is 0.0263. The molecule has 0 amide bonds. The number of methoxy groups -OCH3 is 1. The normalized spacial score (nSPS) is 12.2. The summed E-state index contributed by atoms with van der Waals surface area (Å²) in [5, 5.41) is 4.83. The van der Waals surface area contributed by atoms with Crippen molar-refractivity contribution in [3.8, 4) is 11.5 Å². The maximum atomic E-state index is 6.25. The number of hydrogen-bond donors (Lipinski definition) is 1. The number of rotatable bonds is 8. The number of benzene rings is 2. The van der Waals surface area contributed by atoms with Crippen LogP contribution < -0.4 is 14.8 Å². The van der Waals surface area contributed by atoms with E-state index in [9.17, 15) is 0 Å². The van der Waals surface area contributed by atoms with Gasteiger partial charge >= 0.3 is 0 Å². The lowest BCUT2D eigenvalue weighted by atomic mass is 9.82. The molecule has 6 heteroatoms. The van der Waals surface area contributed by atoms with Gasteiger partial charge in [-0.15, -0.1) is 0 Å². The van der Waals surface area contributed by atoms with Gasteiger partial charge in [0.25, 0.3) is 0 Å². The second kappa shape index (κ2) is 9.91. The Labute approximate surface area is 193 Å². The molecule has 3 nitrogen and oxygen atoms in total. The summed E-state index contributed by atoms with van der Waals surface area (Å²) in [4.78, 5) is 0. The monoisotopic (exact) mass is 501 g/mol. The van der Waals surface area contributed by atoms with Crippen LogP contribution in [0.3, 0.4) is 0 Å². The van der Waals surface area contributed by atoms with E-state index in [1.165, 1.54) is 0 Å². The molecule has 1 N–H and O–H groups in total. The Balaban J connectivity index is 2.12. The SMILES string of the molecule is COc1cc(CNC(C)(C)CC(C)(C)C)cc(Br)c1OCc1ccc(Cl)cc1Cl. The largest absolute Gasteiger partial charge is 0.493 e. The number of ether oxygens (including phenoxy) is 2. The van der Waals surface area contributed by atoms with Crippen molar-refractivity contribution in [2.45, 2.75) is 59.7 Å². The van der Waals surface area contributed by atoms with Gasteiger partial charge in [-0.05, 0) is 71.4 Å². The first kappa shape index (κ1) is 24.3. The quantitative estimate of drug-likeness (QED) is 0.402. The van der Waals surface area contributed by atoms with E-state index in [0.29, 0.717) is 28.2 Å². The fourth-order valence-electron chi connectivity index (χ4n) is 3.53. The van der Waals surface area contributed by atoms with Gasteiger partial charge in [0.2, 0.25) is 0 Å². The Morgan fingerprint density at radius 3 is 2.31 bits per heavy atom. The lowest BCUT2D eigenvalue weighted by Gasteiger charge is -2.33. The molecule has 0 bridgehead atoms. The van der Waals surface area contributed by atoms with Crippen LogP contribution in [-0.4, -0.2) is 12.6 Å². The number of nitrogens with one attached hydrogen (secondary N) is 1. The zero-order valence-corrected chi connectivity index (χ0v) is 21.1. The van der Waals surface area contributed by atoms with E-state index in [4.69, 9.17) is 32.7 Å². The molecule has 0 atom stereocenters. The van der Waals surface area contributed by atoms with E-state index in [2.05, 4.69) is 61.9 Å². The van der Waals surface area contributed by atoms with Crippen LogP contribution >= 0.6 is 39.1 Å². The molecule has 0 heterocycles. The molecule has 0 spiro atoms. The molecule has 2 rings (SSSR count). The first-order chi connectivity index (χ1) is 13.4. The van der Waals surface area contributed by atoms with Crippen LogP contribution in [0.2, 0.25) is 10.0 Å². The van der Waals surface area contributed by atoms with E-state index >= 15 is 0 Å². The second-order valence-electron chi connectivity index (χ2n) is 9.11. The van der Waals surface area contributed by atoms with Gasteiger partial charge in [-0.1, -0.05) is 50.0 Å². The van der Waals surface area contributed by atoms with Crippen LogP contribution in [0.5, 0.6) is 11.5 Å². The Morgan fingerprint density at radius 1 is 1.03 bits per heavy atom. The molecule has 2 aromatic carbocycles. The highest BCUT2D eigenvalue weighted by molar-refractivity contribution is 9.10. The van der Waals surface area contributed by atoms with Gasteiger partial charge in [0.15, 0.2) is 11.5 Å². The van der Waals surface area contributed by atoms with Crippen LogP contribution in [0, 0.1) is 5.41 Å². The predicted octanol–water partition coefficient (Wildman–Crippen LogP) is 7.65. The molecular formula is C23H30BrCl2NO2. The van der Waals surface area contributed by atoms with Gasteiger partial charge in [0.1, 0.15) is 6.61 Å². The third kappa shape index (κ3) is 7.67. The van der Waals surface area contributed by atoms with E-state index < -0.39 is 0 Å². The van der Waals surface area contributed by atoms with E-state index in [1.54, 1.807) is 19.2 Å². The van der Waals surface area contributed by atoms with Crippen molar-refractivity contribution in [3.63, 3.8) is 0 Å². The summed E-state index contributed by atoms with van der Waals surface area (Å²) >= 11 is 15.8. The van der Waals surface area contributed by atoms with Crippen LogP contribution in [0.15, 0.2) is 34.8 Å². The summed E-state index contributed by atoms with van der Waals surface area (Å²) in [6.07, 6.45) is 1.07. The van der Waals surface area contributed by atoms with Crippen molar-refractivity contribution in [1.29, 1.82) is 0 Å². The second-order valence-corrected chi connectivity index (χ2v) is 10.8. The maximum Gasteiger partial charge on any atom is 0.175 e. The Morgan fingerprint density at radius 2 is 1.72 bits per heavy atom. The number of halogens is 3. The van der Waals surface area contributed by atoms with Crippen LogP contribution in [0.4, 0.5) is 0 Å². The highest BCUT2D eigenvalue weighted by Gasteiger charge is 2.25. The lowest BCUT2D eigenvalue weighted by molar-refractivity contribution is 0.240. The van der Waals surface area contributed by atoms with Crippen molar-refractivity contribution in [2.75, 3.05) is 7.11 Å². The molecule has 0 radical (unpaired) electrons. The minimum Gasteiger partial charge on any atom is -0.493 e. The third-order valence-electron chi connectivity index (χ3n) is 4.42. The van der Waals surface area contributed by atoms with Gasteiger partial charge < -0.3 is 14.8 Å². The average Bonchev–Trinajstić information content (AvgIpc) is 2.58. The van der Waals surface area contributed by atoms with Crippen LogP contribution in [-0.2, 0) is 13.2 Å². The van der Waals surface area contributed by atoms with Crippen LogP contribution in [0.25, 0.3) is 0 Å². The van der Waals surface area contributed by atoms with Gasteiger partial charge in [-0.2, -0.15) is 0 Å². The topological polar surface area (TPSA) is 30.5 Å². The van der Waals surface area contributed by atoms with Gasteiger partial charge in [0, 0.05) is 27.7 Å². The van der Waals surface area contributed by atoms with Crippen molar-refractivity contribution >= 4 is 39.1 Å². The molecule has 0 saturated carbocycles. The Bertz CT molecular complexity index is 848. The van der Waals surface area contributed by atoms with E-state index in [-0.39, 0.29) is 11.0 Å². The average molecular weight is 503 g/mol. The molecule has 2 aromatic rings. The van der Waals surface area contributed by atoms with Crippen molar-refractivity contribution in [2.24, 2.45) is 5.41 Å². The van der Waals surface area contributed by atoms with Crippen molar-refractivity contribution in [1.82, 2.24) is 5.32 Å². The fourth-order valence-corrected chi connectivity index (χ4v) is 4.60. The molecule has 29 heavy (non-hydrogen) atoms. The molecule has 0 fully saturated rings. The molecular weight excluding hydrogens is 473 g/mol. The van der Waals surface area contributed by atoms with Gasteiger partial charge in [0.05, 0.1) is 11.6 Å². The first-order valence-electron chi connectivity index (χ1n) is 9.58. The highest BCUT2D eigenvalue weighted by Crippen LogP contribution is 2.38. The van der Waals surface area contributed by atoms with Crippen molar-refractivity contribution < 1.29 is 9.47 Å². The number of hydrogen-bond acceptors (Lipinski definition) is 3. The highest BCUT2D eigenvalue weighted by atomic mass is 79.9. The lowest BCUT2D eigenvalue weighted by Crippen LogP contribution is -2.41. The zero-order valence-electron chi connectivity index (χ0n) is 18.0. The van der Waals surface area contributed by atoms with Gasteiger partial charge in [-0.25, -0.2) is 0 Å². The summed E-state index contributed by atoms with van der Waals surface area (Å²) < 4.78 is 12.4. The molecule has 0 aromatic heterocycles. The van der Waals surface area contributed by atoms with E-state index in [1.807, 2.05) is 12.1 Å². The zero-order chi connectivity index (χ0) is 21.8. The fraction of sp³-hybridized carbons (Fsp3) is 0.478. The summed E-state index contributed by atoms with van der Waals surface area (Å²) in [6.45, 7) is 12.3. The molecule has 0 aliphatic carbocycles. The Hall–Kier alpha value is -0.940. The molecule has 0 aliphatic heterocycles. The van der Waals surface area contributed by atoms with Gasteiger partial charge in [-0.3, -0.25) is 0 Å². The molecule has 0 aliphatic rings. The summed E-state index contributed by atoms with van der Waals surface area (Å²) in [7, 11) is 1.64. The van der Waals surface area contributed by atoms with Crippen molar-refractivity contribution in [3.05, 3.63) is 56.0 Å². The summed E-state index contributed by atoms with van der Waals surface area (Å²) in [5.41, 5.74) is 2.26. The summed E-state index contributed by atoms with van der Waals surface area (Å²) in [5.74, 6) is 1.33. The van der Waals surface area contributed by atoms with Crippen LogP contribution in [0.1, 0.15) is 52.2 Å². The third-order valence-corrected chi connectivity index (χ3v) is 5.60. The smallest absolute Gasteiger partial charge is 0.175 e. The summed E-state index contributed by atoms with van der Waals surface area (Å²) in [6, 6.07) is 9.43. The first-order valence-corrected chi connectivity index (χ1v) is 11.1. The maximum absolute atomic E-state index is 6.25. The molecule has 0 saturated heterocycles. The van der Waals surface area contributed by atoms with E-state index in [0.717, 1.165) is 28.6 Å². The standard InChI is InChI=1S/C23H30BrCl2NO2/c1-22(2,3)14-23(4,5)27-12-15-9-18(24)21(20(10-15)28-6)29-13-16-7-8-17(25)11-19(16)26/h7-11,27H,12-14H2,1-6H3. The molecule has 0 unspecified atom stereocenters. The molecule has 160 valence electrons. The minimum absolute atomic E-state index is 0.0263. The predicted molar refractivity (Wildman–Crippen MR) is 126 cm³/mol. The Kier molecular flexibility index (Phi) is 8.32.